The number of rotatable bonds is 5. The average molecular weight is 466 g/mol. The minimum absolute atomic E-state index is 0.404. The van der Waals surface area contributed by atoms with E-state index in [1.165, 1.54) is 16.2 Å². The number of thioether (sulfide) groups is 1. The van der Waals surface area contributed by atoms with Crippen LogP contribution in [-0.2, 0) is 19.4 Å². The number of aromatic nitrogens is 2. The van der Waals surface area contributed by atoms with Crippen molar-refractivity contribution in [3.05, 3.63) is 70.9 Å². The van der Waals surface area contributed by atoms with Gasteiger partial charge < -0.3 is 10.1 Å². The molecule has 0 aliphatic heterocycles. The zero-order valence-electron chi connectivity index (χ0n) is 16.8. The molecule has 1 aliphatic rings. The van der Waals surface area contributed by atoms with Crippen LogP contribution in [0.4, 0.5) is 4.79 Å². The zero-order chi connectivity index (χ0) is 21.2. The third-order valence-electron chi connectivity index (χ3n) is 5.05. The average Bonchev–Trinajstić information content (AvgIpc) is 3.40. The molecule has 1 aromatic carbocycles. The highest BCUT2D eigenvalue weighted by atomic mass is 32.2. The zero-order valence-corrected chi connectivity index (χ0v) is 19.2. The number of nitrogens with one attached hydrogen (secondary N) is 1. The summed E-state index contributed by atoms with van der Waals surface area (Å²) in [5.41, 5.74) is 5.37. The highest BCUT2D eigenvalue weighted by molar-refractivity contribution is 8.00. The number of amides is 1. The highest BCUT2D eigenvalue weighted by Gasteiger charge is 2.30. The first-order chi connectivity index (χ1) is 15.2. The lowest BCUT2D eigenvalue weighted by Gasteiger charge is -2.13. The van der Waals surface area contributed by atoms with Crippen LogP contribution in [0.5, 0.6) is 5.06 Å². The molecule has 5 nitrogen and oxygen atoms in total. The second-order valence-corrected chi connectivity index (χ2v) is 10.1. The van der Waals surface area contributed by atoms with Crippen LogP contribution >= 0.6 is 34.4 Å². The Morgan fingerprint density at radius 3 is 2.71 bits per heavy atom. The molecule has 0 atom stereocenters. The van der Waals surface area contributed by atoms with Crippen molar-refractivity contribution in [1.29, 1.82) is 0 Å². The quantitative estimate of drug-likeness (QED) is 0.364. The number of nitrogens with zero attached hydrogens (tertiary/aromatic N) is 2. The van der Waals surface area contributed by atoms with Crippen LogP contribution in [0, 0.1) is 0 Å². The lowest BCUT2D eigenvalue weighted by atomic mass is 9.97. The Bertz CT molecular complexity index is 1220. The van der Waals surface area contributed by atoms with Gasteiger partial charge in [0.1, 0.15) is 5.01 Å². The summed E-state index contributed by atoms with van der Waals surface area (Å²) in [6.45, 7) is 0.404. The molecule has 5 rings (SSSR count). The first-order valence-corrected chi connectivity index (χ1v) is 12.7. The summed E-state index contributed by atoms with van der Waals surface area (Å²) >= 11 is 4.96. The van der Waals surface area contributed by atoms with E-state index >= 15 is 0 Å². The molecule has 31 heavy (non-hydrogen) atoms. The summed E-state index contributed by atoms with van der Waals surface area (Å²) in [7, 11) is 0. The Morgan fingerprint density at radius 1 is 1.13 bits per heavy atom. The van der Waals surface area contributed by atoms with Gasteiger partial charge in [-0.05, 0) is 36.8 Å². The number of thiophene rings is 1. The molecular weight excluding hydrogens is 446 g/mol. The van der Waals surface area contributed by atoms with Gasteiger partial charge in [-0.15, -0.1) is 23.1 Å². The summed E-state index contributed by atoms with van der Waals surface area (Å²) in [5.74, 6) is 0. The highest BCUT2D eigenvalue weighted by Crippen LogP contribution is 2.51. The van der Waals surface area contributed by atoms with Gasteiger partial charge in [-0.3, -0.25) is 4.98 Å². The number of aryl methyl sites for hydroxylation is 1. The Balaban J connectivity index is 1.41. The van der Waals surface area contributed by atoms with Crippen molar-refractivity contribution >= 4 is 40.5 Å². The molecule has 0 saturated heterocycles. The topological polar surface area (TPSA) is 64.1 Å². The minimum atomic E-state index is -0.442. The maximum absolute atomic E-state index is 12.4. The predicted octanol–water partition coefficient (Wildman–Crippen LogP) is 6.04. The van der Waals surface area contributed by atoms with E-state index in [0.717, 1.165) is 50.0 Å². The Morgan fingerprint density at radius 2 is 1.94 bits per heavy atom. The number of thiazole rings is 1. The fourth-order valence-electron chi connectivity index (χ4n) is 3.57. The van der Waals surface area contributed by atoms with E-state index in [4.69, 9.17) is 9.72 Å². The molecule has 0 bridgehead atoms. The molecule has 156 valence electrons. The fourth-order valence-corrected chi connectivity index (χ4v) is 6.56. The third kappa shape index (κ3) is 4.11. The molecule has 1 N–H and O–H groups in total. The molecule has 1 amide bonds. The van der Waals surface area contributed by atoms with Crippen LogP contribution < -0.4 is 10.1 Å². The number of benzene rings is 1. The van der Waals surface area contributed by atoms with Crippen LogP contribution in [-0.4, -0.2) is 22.3 Å². The van der Waals surface area contributed by atoms with Gasteiger partial charge in [-0.2, -0.15) is 0 Å². The fraction of sp³-hybridized carbons (Fsp3) is 0.174. The second kappa shape index (κ2) is 8.82. The Kier molecular flexibility index (Phi) is 5.76. The summed E-state index contributed by atoms with van der Waals surface area (Å²) in [6, 6.07) is 14.0. The minimum Gasteiger partial charge on any atom is -0.399 e. The molecule has 0 saturated carbocycles. The van der Waals surface area contributed by atoms with Gasteiger partial charge in [0, 0.05) is 40.5 Å². The van der Waals surface area contributed by atoms with Crippen LogP contribution in [0.1, 0.15) is 16.0 Å². The summed E-state index contributed by atoms with van der Waals surface area (Å²) < 4.78 is 6.88. The van der Waals surface area contributed by atoms with Crippen LogP contribution in [0.25, 0.3) is 21.8 Å². The summed E-state index contributed by atoms with van der Waals surface area (Å²) in [6.07, 6.45) is 6.78. The smallest absolute Gasteiger partial charge is 0.399 e. The van der Waals surface area contributed by atoms with Crippen molar-refractivity contribution in [3.63, 3.8) is 0 Å². The largest absolute Gasteiger partial charge is 0.413 e. The maximum Gasteiger partial charge on any atom is 0.413 e. The molecule has 0 fully saturated rings. The van der Waals surface area contributed by atoms with E-state index in [0.29, 0.717) is 11.6 Å². The molecule has 3 heterocycles. The first kappa shape index (κ1) is 20.2. The molecular formula is C23H19N3O2S3. The van der Waals surface area contributed by atoms with Crippen molar-refractivity contribution in [3.8, 4) is 26.9 Å². The SMILES string of the molecule is CSc1sc(OC(=O)NCc2ccncc2)c2c1-c1nc(-c3ccccc3)sc1CC2. The van der Waals surface area contributed by atoms with Crippen molar-refractivity contribution < 1.29 is 9.53 Å². The lowest BCUT2D eigenvalue weighted by molar-refractivity contribution is 0.201. The van der Waals surface area contributed by atoms with Crippen molar-refractivity contribution in [2.75, 3.05) is 6.26 Å². The van der Waals surface area contributed by atoms with E-state index in [9.17, 15) is 4.79 Å². The van der Waals surface area contributed by atoms with Crippen molar-refractivity contribution in [2.24, 2.45) is 0 Å². The van der Waals surface area contributed by atoms with Gasteiger partial charge in [0.05, 0.1) is 9.90 Å². The number of hydrogen-bond acceptors (Lipinski definition) is 7. The normalized spacial score (nSPS) is 12.2. The monoisotopic (exact) mass is 465 g/mol. The van der Waals surface area contributed by atoms with Gasteiger partial charge >= 0.3 is 6.09 Å². The molecule has 0 radical (unpaired) electrons. The van der Waals surface area contributed by atoms with Gasteiger partial charge in [-0.1, -0.05) is 41.7 Å². The molecule has 0 unspecified atom stereocenters. The number of carbonyl (C=O) groups excluding carboxylic acids is 1. The standard InChI is InChI=1S/C23H19N3O2S3/c1-29-22-18-16(21(31-22)28-23(27)25-13-14-9-11-24-12-10-14)7-8-17-19(18)26-20(30-17)15-5-3-2-4-6-15/h2-6,9-12H,7-8,13H2,1H3,(H,25,27). The predicted molar refractivity (Wildman–Crippen MR) is 127 cm³/mol. The molecule has 1 aliphatic carbocycles. The van der Waals surface area contributed by atoms with Gasteiger partial charge in [0.15, 0.2) is 5.06 Å². The maximum atomic E-state index is 12.4. The number of pyridine rings is 1. The lowest BCUT2D eigenvalue weighted by Crippen LogP contribution is -2.26. The number of carbonyl (C=O) groups is 1. The van der Waals surface area contributed by atoms with E-state index in [2.05, 4.69) is 28.7 Å². The number of hydrogen-bond donors (Lipinski definition) is 1. The van der Waals surface area contributed by atoms with Crippen molar-refractivity contribution in [1.82, 2.24) is 15.3 Å². The van der Waals surface area contributed by atoms with Crippen LogP contribution in [0.15, 0.2) is 59.1 Å². The Hall–Kier alpha value is -2.68. The molecule has 0 spiro atoms. The number of ether oxygens (including phenoxy) is 1. The summed E-state index contributed by atoms with van der Waals surface area (Å²) in [5, 5.41) is 4.53. The number of fused-ring (bicyclic) bond motifs is 3. The molecule has 3 aromatic heterocycles. The van der Waals surface area contributed by atoms with E-state index in [1.54, 1.807) is 35.5 Å². The van der Waals surface area contributed by atoms with E-state index < -0.39 is 6.09 Å². The van der Waals surface area contributed by atoms with E-state index in [1.807, 2.05) is 30.3 Å². The molecule has 4 aromatic rings. The van der Waals surface area contributed by atoms with Gasteiger partial charge in [0.2, 0.25) is 0 Å². The van der Waals surface area contributed by atoms with Crippen LogP contribution in [0.2, 0.25) is 0 Å². The first-order valence-electron chi connectivity index (χ1n) is 9.82. The molecule has 8 heteroatoms. The van der Waals surface area contributed by atoms with Crippen LogP contribution in [0.3, 0.4) is 0 Å². The van der Waals surface area contributed by atoms with Gasteiger partial charge in [0.25, 0.3) is 0 Å². The third-order valence-corrected chi connectivity index (χ3v) is 8.45. The summed E-state index contributed by atoms with van der Waals surface area (Å²) in [4.78, 5) is 22.7. The Labute approximate surface area is 192 Å². The second-order valence-electron chi connectivity index (χ2n) is 6.99. The van der Waals surface area contributed by atoms with E-state index in [-0.39, 0.29) is 0 Å². The van der Waals surface area contributed by atoms with Gasteiger partial charge in [-0.25, -0.2) is 9.78 Å². The van der Waals surface area contributed by atoms with Crippen molar-refractivity contribution in [2.45, 2.75) is 23.6 Å².